The molecule has 0 aromatic rings. The zero-order chi connectivity index (χ0) is 30.1. The van der Waals surface area contributed by atoms with Crippen LogP contribution in [-0.2, 0) is 24.0 Å². The van der Waals surface area contributed by atoms with Crippen LogP contribution in [0.25, 0.3) is 0 Å². The van der Waals surface area contributed by atoms with Crippen LogP contribution in [0.2, 0.25) is 0 Å². The number of likely N-dealkylation sites (N-methyl/N-ethyl adjacent to an activating group) is 1. The van der Waals surface area contributed by atoms with Gasteiger partial charge in [0.25, 0.3) is 0 Å². The van der Waals surface area contributed by atoms with Crippen molar-refractivity contribution in [1.82, 2.24) is 26.2 Å². The van der Waals surface area contributed by atoms with Crippen molar-refractivity contribution in [2.45, 2.75) is 93.5 Å². The standard InChI is InChI=1S/C14H22N2O3.C10H21N3O2.2C2H6/c1-11-10-12(2)16(14(11)19)8-5-3-4-6-13(18)15-7-9-17;1-7(2)5-12-9(14)6-13-10(15)8(3)11-4;2*1-2/h9,11H,2-8,10H2,1H3,(H,15,18);7-8,11H,5-6H2,1-4H3,(H,12,14)(H,13,15);2*1-2H3. The van der Waals surface area contributed by atoms with Crippen LogP contribution in [0.4, 0.5) is 0 Å². The lowest BCUT2D eigenvalue weighted by Crippen LogP contribution is -2.45. The molecule has 0 aliphatic carbocycles. The van der Waals surface area contributed by atoms with Crippen molar-refractivity contribution >= 4 is 29.9 Å². The first-order valence-corrected chi connectivity index (χ1v) is 13.9. The number of carbonyl (C=O) groups excluding carboxylic acids is 5. The largest absolute Gasteiger partial charge is 0.354 e. The lowest BCUT2D eigenvalue weighted by molar-refractivity contribution is -0.129. The molecule has 1 heterocycles. The molecule has 38 heavy (non-hydrogen) atoms. The first-order chi connectivity index (χ1) is 18.0. The molecule has 10 heteroatoms. The minimum atomic E-state index is -0.275. The van der Waals surface area contributed by atoms with Gasteiger partial charge in [-0.25, -0.2) is 0 Å². The predicted molar refractivity (Wildman–Crippen MR) is 154 cm³/mol. The summed E-state index contributed by atoms with van der Waals surface area (Å²) in [5.74, 6) is 0.219. The molecule has 1 aliphatic rings. The normalized spacial score (nSPS) is 14.6. The summed E-state index contributed by atoms with van der Waals surface area (Å²) in [5.41, 5.74) is 0.904. The first kappa shape index (κ1) is 39.8. The second-order valence-corrected chi connectivity index (χ2v) is 8.87. The van der Waals surface area contributed by atoms with E-state index >= 15 is 0 Å². The summed E-state index contributed by atoms with van der Waals surface area (Å²) in [7, 11) is 1.70. The number of hydrogen-bond acceptors (Lipinski definition) is 6. The van der Waals surface area contributed by atoms with E-state index < -0.39 is 0 Å². The van der Waals surface area contributed by atoms with Crippen LogP contribution in [0.15, 0.2) is 12.3 Å². The molecule has 4 N–H and O–H groups in total. The summed E-state index contributed by atoms with van der Waals surface area (Å²) in [6.07, 6.45) is 4.39. The van der Waals surface area contributed by atoms with E-state index in [2.05, 4.69) is 27.8 Å². The highest BCUT2D eigenvalue weighted by molar-refractivity contribution is 5.87. The molecule has 0 bridgehead atoms. The molecule has 0 saturated carbocycles. The second kappa shape index (κ2) is 25.9. The van der Waals surface area contributed by atoms with Crippen molar-refractivity contribution in [3.63, 3.8) is 0 Å². The van der Waals surface area contributed by atoms with Crippen molar-refractivity contribution < 1.29 is 24.0 Å². The van der Waals surface area contributed by atoms with E-state index in [1.54, 1.807) is 18.9 Å². The smallest absolute Gasteiger partial charge is 0.239 e. The number of likely N-dealkylation sites (tertiary alicyclic amines) is 1. The Morgan fingerprint density at radius 3 is 2.08 bits per heavy atom. The average Bonchev–Trinajstić information content (AvgIpc) is 3.16. The van der Waals surface area contributed by atoms with E-state index in [0.717, 1.165) is 31.4 Å². The zero-order valence-electron chi connectivity index (χ0n) is 25.4. The van der Waals surface area contributed by atoms with Crippen LogP contribution >= 0.6 is 0 Å². The highest BCUT2D eigenvalue weighted by Crippen LogP contribution is 2.26. The Morgan fingerprint density at radius 1 is 1.00 bits per heavy atom. The van der Waals surface area contributed by atoms with Crippen molar-refractivity contribution in [2.24, 2.45) is 11.8 Å². The number of rotatable bonds is 14. The SMILES string of the molecule is C=C1CC(C)C(=O)N1CCCCCC(=O)NCC=O.CC.CC.CNC(C)C(=O)NCC(=O)NCC(C)C. The maximum atomic E-state index is 11.8. The fourth-order valence-corrected chi connectivity index (χ4v) is 3.05. The number of allylic oxidation sites excluding steroid dienone is 1. The van der Waals surface area contributed by atoms with Gasteiger partial charge in [-0.3, -0.25) is 19.2 Å². The third-order valence-electron chi connectivity index (χ3n) is 5.24. The van der Waals surface area contributed by atoms with Crippen LogP contribution in [0, 0.1) is 11.8 Å². The van der Waals surface area contributed by atoms with E-state index in [1.807, 2.05) is 48.5 Å². The van der Waals surface area contributed by atoms with E-state index in [-0.39, 0.29) is 48.7 Å². The molecule has 0 aromatic carbocycles. The molecule has 222 valence electrons. The van der Waals surface area contributed by atoms with Gasteiger partial charge < -0.3 is 31.0 Å². The topological polar surface area (TPSA) is 137 Å². The van der Waals surface area contributed by atoms with Gasteiger partial charge in [0.05, 0.1) is 19.1 Å². The van der Waals surface area contributed by atoms with Crippen LogP contribution in [0.3, 0.4) is 0 Å². The maximum absolute atomic E-state index is 11.8. The zero-order valence-corrected chi connectivity index (χ0v) is 25.4. The Hall–Kier alpha value is -2.75. The molecule has 0 aromatic heterocycles. The minimum Gasteiger partial charge on any atom is -0.354 e. The van der Waals surface area contributed by atoms with Gasteiger partial charge in [0.1, 0.15) is 6.29 Å². The Bertz CT molecular complexity index is 697. The number of unbranched alkanes of at least 4 members (excludes halogenated alkanes) is 2. The molecule has 1 saturated heterocycles. The van der Waals surface area contributed by atoms with Crippen molar-refractivity contribution in [3.8, 4) is 0 Å². The van der Waals surface area contributed by atoms with Gasteiger partial charge in [-0.1, -0.05) is 61.5 Å². The fourth-order valence-electron chi connectivity index (χ4n) is 3.05. The molecule has 1 fully saturated rings. The van der Waals surface area contributed by atoms with Crippen LogP contribution in [0.5, 0.6) is 0 Å². The Balaban J connectivity index is -0.000000582. The average molecular weight is 542 g/mol. The maximum Gasteiger partial charge on any atom is 0.239 e. The number of hydrogen-bond donors (Lipinski definition) is 4. The quantitative estimate of drug-likeness (QED) is 0.197. The van der Waals surface area contributed by atoms with Crippen LogP contribution < -0.4 is 21.3 Å². The molecular formula is C28H55N5O5. The Labute approximate surface area is 231 Å². The van der Waals surface area contributed by atoms with Crippen molar-refractivity contribution in [1.29, 1.82) is 0 Å². The van der Waals surface area contributed by atoms with E-state index in [9.17, 15) is 24.0 Å². The molecular weight excluding hydrogens is 486 g/mol. The highest BCUT2D eigenvalue weighted by atomic mass is 16.2. The predicted octanol–water partition coefficient (Wildman–Crippen LogP) is 2.78. The van der Waals surface area contributed by atoms with Gasteiger partial charge in [-0.15, -0.1) is 0 Å². The number of nitrogens with one attached hydrogen (secondary N) is 4. The van der Waals surface area contributed by atoms with E-state index in [0.29, 0.717) is 31.7 Å². The molecule has 0 radical (unpaired) electrons. The summed E-state index contributed by atoms with van der Waals surface area (Å²) in [5, 5.41) is 10.6. The number of aldehydes is 1. The summed E-state index contributed by atoms with van der Waals surface area (Å²) >= 11 is 0. The van der Waals surface area contributed by atoms with Gasteiger partial charge in [-0.05, 0) is 39.2 Å². The van der Waals surface area contributed by atoms with Gasteiger partial charge in [0.15, 0.2) is 0 Å². The monoisotopic (exact) mass is 541 g/mol. The summed E-state index contributed by atoms with van der Waals surface area (Å²) in [4.78, 5) is 57.3. The summed E-state index contributed by atoms with van der Waals surface area (Å²) < 4.78 is 0. The molecule has 2 atom stereocenters. The third-order valence-corrected chi connectivity index (χ3v) is 5.24. The molecule has 1 rings (SSSR count). The Kier molecular flexibility index (Phi) is 27.1. The molecule has 0 spiro atoms. The molecule has 1 aliphatic heterocycles. The summed E-state index contributed by atoms with van der Waals surface area (Å²) in [6.45, 7) is 21.0. The molecule has 4 amide bonds. The highest BCUT2D eigenvalue weighted by Gasteiger charge is 2.30. The van der Waals surface area contributed by atoms with Crippen molar-refractivity contribution in [3.05, 3.63) is 12.3 Å². The summed E-state index contributed by atoms with van der Waals surface area (Å²) in [6, 6.07) is -0.275. The van der Waals surface area contributed by atoms with E-state index in [4.69, 9.17) is 0 Å². The first-order valence-electron chi connectivity index (χ1n) is 13.9. The molecule has 2 unspecified atom stereocenters. The van der Waals surface area contributed by atoms with Crippen LogP contribution in [-0.4, -0.2) is 74.1 Å². The van der Waals surface area contributed by atoms with Gasteiger partial charge >= 0.3 is 0 Å². The lowest BCUT2D eigenvalue weighted by atomic mass is 10.1. The van der Waals surface area contributed by atoms with Gasteiger partial charge in [-0.2, -0.15) is 0 Å². The third kappa shape index (κ3) is 20.3. The number of amides is 4. The van der Waals surface area contributed by atoms with Crippen LogP contribution in [0.1, 0.15) is 87.5 Å². The molecule has 10 nitrogen and oxygen atoms in total. The number of nitrogens with zero attached hydrogens (tertiary/aromatic N) is 1. The van der Waals surface area contributed by atoms with Crippen molar-refractivity contribution in [2.75, 3.05) is 33.2 Å². The van der Waals surface area contributed by atoms with E-state index in [1.165, 1.54) is 0 Å². The lowest BCUT2D eigenvalue weighted by Gasteiger charge is -2.17. The van der Waals surface area contributed by atoms with Gasteiger partial charge in [0.2, 0.25) is 23.6 Å². The van der Waals surface area contributed by atoms with Gasteiger partial charge in [0, 0.05) is 31.1 Å². The number of carbonyl (C=O) groups is 5. The second-order valence-electron chi connectivity index (χ2n) is 8.87. The Morgan fingerprint density at radius 2 is 1.61 bits per heavy atom. The minimum absolute atomic E-state index is 0.0393. The fraction of sp³-hybridized carbons (Fsp3) is 0.750.